The Morgan fingerprint density at radius 2 is 2.00 bits per heavy atom. The Hall–Kier alpha value is -1.78. The van der Waals surface area contributed by atoms with Crippen LogP contribution in [0.4, 0.5) is 15.8 Å². The Kier molecular flexibility index (Phi) is 5.04. The molecule has 2 N–H and O–H groups in total. The van der Waals surface area contributed by atoms with Crippen LogP contribution in [0.5, 0.6) is 0 Å². The van der Waals surface area contributed by atoms with E-state index in [2.05, 4.69) is 10.6 Å². The Morgan fingerprint density at radius 3 is 2.71 bits per heavy atom. The number of nitrogens with one attached hydrogen (secondary N) is 2. The van der Waals surface area contributed by atoms with Gasteiger partial charge < -0.3 is 10.6 Å². The molecule has 0 aliphatic heterocycles. The fourth-order valence-corrected chi connectivity index (χ4v) is 2.19. The maximum absolute atomic E-state index is 13.5. The van der Waals surface area contributed by atoms with E-state index in [1.165, 1.54) is 19.1 Å². The molecular weight excluding hydrogens is 314 g/mol. The third-order valence-electron chi connectivity index (χ3n) is 2.79. The molecule has 0 unspecified atom stereocenters. The lowest BCUT2D eigenvalue weighted by atomic mass is 10.2. The van der Waals surface area contributed by atoms with E-state index in [9.17, 15) is 9.18 Å². The normalized spacial score (nSPS) is 10.3. The van der Waals surface area contributed by atoms with Crippen molar-refractivity contribution in [2.75, 3.05) is 10.6 Å². The van der Waals surface area contributed by atoms with Crippen LogP contribution in [0.15, 0.2) is 36.4 Å². The maximum Gasteiger partial charge on any atom is 0.221 e. The van der Waals surface area contributed by atoms with Gasteiger partial charge in [-0.2, -0.15) is 0 Å². The van der Waals surface area contributed by atoms with Crippen molar-refractivity contribution in [2.24, 2.45) is 0 Å². The largest absolute Gasteiger partial charge is 0.381 e. The van der Waals surface area contributed by atoms with Gasteiger partial charge in [0.15, 0.2) is 0 Å². The molecule has 3 nitrogen and oxygen atoms in total. The maximum atomic E-state index is 13.5. The van der Waals surface area contributed by atoms with Crippen LogP contribution in [0.2, 0.25) is 10.0 Å². The summed E-state index contributed by atoms with van der Waals surface area (Å²) in [7, 11) is 0. The monoisotopic (exact) mass is 326 g/mol. The van der Waals surface area contributed by atoms with Gasteiger partial charge in [-0.1, -0.05) is 35.3 Å². The first kappa shape index (κ1) is 15.6. The highest BCUT2D eigenvalue weighted by Gasteiger charge is 2.07. The molecule has 1 amide bonds. The molecule has 0 bridgehead atoms. The van der Waals surface area contributed by atoms with Crippen molar-refractivity contribution in [1.29, 1.82) is 0 Å². The third kappa shape index (κ3) is 4.09. The summed E-state index contributed by atoms with van der Waals surface area (Å²) in [5.41, 5.74) is 1.62. The number of hydrogen-bond acceptors (Lipinski definition) is 2. The van der Waals surface area contributed by atoms with Crippen molar-refractivity contribution in [2.45, 2.75) is 13.5 Å². The summed E-state index contributed by atoms with van der Waals surface area (Å²) in [6.07, 6.45) is 0. The van der Waals surface area contributed by atoms with Crippen molar-refractivity contribution >= 4 is 40.5 Å². The predicted molar refractivity (Wildman–Crippen MR) is 84.5 cm³/mol. The molecule has 2 aromatic carbocycles. The summed E-state index contributed by atoms with van der Waals surface area (Å²) in [6, 6.07) is 9.75. The van der Waals surface area contributed by atoms with Crippen molar-refractivity contribution in [3.05, 3.63) is 57.8 Å². The Morgan fingerprint density at radius 1 is 1.24 bits per heavy atom. The van der Waals surface area contributed by atoms with Gasteiger partial charge in [-0.05, 0) is 29.8 Å². The van der Waals surface area contributed by atoms with Crippen molar-refractivity contribution in [3.8, 4) is 0 Å². The molecule has 0 aliphatic carbocycles. The molecular formula is C15H13Cl2FN2O. The second-order valence-corrected chi connectivity index (χ2v) is 5.23. The summed E-state index contributed by atoms with van der Waals surface area (Å²) in [4.78, 5) is 11.0. The lowest BCUT2D eigenvalue weighted by molar-refractivity contribution is -0.114. The molecule has 110 valence electrons. The number of anilines is 2. The van der Waals surface area contributed by atoms with Gasteiger partial charge in [0.1, 0.15) is 5.82 Å². The van der Waals surface area contributed by atoms with Crippen LogP contribution in [0.25, 0.3) is 0 Å². The minimum absolute atomic E-state index is 0.129. The van der Waals surface area contributed by atoms with Crippen LogP contribution < -0.4 is 10.6 Å². The predicted octanol–water partition coefficient (Wildman–Crippen LogP) is 4.70. The SMILES string of the molecule is CC(=O)Nc1cc(NCc2cccc(Cl)c2Cl)ccc1F. The number of halogens is 3. The van der Waals surface area contributed by atoms with Crippen LogP contribution in [-0.2, 0) is 11.3 Å². The highest BCUT2D eigenvalue weighted by molar-refractivity contribution is 6.42. The van der Waals surface area contributed by atoms with Gasteiger partial charge in [0, 0.05) is 19.2 Å². The van der Waals surface area contributed by atoms with Crippen LogP contribution in [0, 0.1) is 5.82 Å². The van der Waals surface area contributed by atoms with Crippen LogP contribution in [0.3, 0.4) is 0 Å². The quantitative estimate of drug-likeness (QED) is 0.854. The van der Waals surface area contributed by atoms with Crippen LogP contribution in [0.1, 0.15) is 12.5 Å². The molecule has 0 aromatic heterocycles. The summed E-state index contributed by atoms with van der Waals surface area (Å²) in [5.74, 6) is -0.819. The summed E-state index contributed by atoms with van der Waals surface area (Å²) in [5, 5.41) is 6.50. The summed E-state index contributed by atoms with van der Waals surface area (Å²) >= 11 is 12.0. The molecule has 0 spiro atoms. The molecule has 6 heteroatoms. The molecule has 0 aliphatic rings. The van der Waals surface area contributed by atoms with E-state index in [1.807, 2.05) is 6.07 Å². The van der Waals surface area contributed by atoms with E-state index in [1.54, 1.807) is 18.2 Å². The third-order valence-corrected chi connectivity index (χ3v) is 3.65. The average molecular weight is 327 g/mol. The highest BCUT2D eigenvalue weighted by atomic mass is 35.5. The number of carbonyl (C=O) groups is 1. The molecule has 2 rings (SSSR count). The standard InChI is InChI=1S/C15H13Cl2FN2O/c1-9(21)20-14-7-11(5-6-13(14)18)19-8-10-3-2-4-12(16)15(10)17/h2-7,19H,8H2,1H3,(H,20,21). The second kappa shape index (κ2) is 6.78. The molecule has 21 heavy (non-hydrogen) atoms. The first-order valence-corrected chi connectivity index (χ1v) is 6.97. The van der Waals surface area contributed by atoms with Crippen molar-refractivity contribution in [3.63, 3.8) is 0 Å². The Labute approximate surface area is 132 Å². The Bertz CT molecular complexity index is 677. The van der Waals surface area contributed by atoms with Gasteiger partial charge in [0.2, 0.25) is 5.91 Å². The van der Waals surface area contributed by atoms with Gasteiger partial charge in [0.05, 0.1) is 15.7 Å². The first-order chi connectivity index (χ1) is 9.97. The van der Waals surface area contributed by atoms with Gasteiger partial charge in [0.25, 0.3) is 0 Å². The second-order valence-electron chi connectivity index (χ2n) is 4.44. The van der Waals surface area contributed by atoms with Crippen molar-refractivity contribution < 1.29 is 9.18 Å². The zero-order valence-corrected chi connectivity index (χ0v) is 12.7. The van der Waals surface area contributed by atoms with E-state index < -0.39 is 5.82 Å². The zero-order valence-electron chi connectivity index (χ0n) is 11.2. The fraction of sp³-hybridized carbons (Fsp3) is 0.133. The van der Waals surface area contributed by atoms with Crippen LogP contribution >= 0.6 is 23.2 Å². The van der Waals surface area contributed by atoms with Gasteiger partial charge in [-0.25, -0.2) is 4.39 Å². The van der Waals surface area contributed by atoms with Crippen molar-refractivity contribution in [1.82, 2.24) is 0 Å². The zero-order chi connectivity index (χ0) is 15.4. The average Bonchev–Trinajstić information content (AvgIpc) is 2.43. The van der Waals surface area contributed by atoms with E-state index in [0.717, 1.165) is 5.56 Å². The van der Waals surface area contributed by atoms with E-state index in [-0.39, 0.29) is 11.6 Å². The van der Waals surface area contributed by atoms with Gasteiger partial charge in [-0.15, -0.1) is 0 Å². The highest BCUT2D eigenvalue weighted by Crippen LogP contribution is 2.26. The number of carbonyl (C=O) groups excluding carboxylic acids is 1. The minimum Gasteiger partial charge on any atom is -0.381 e. The molecule has 0 radical (unpaired) electrons. The van der Waals surface area contributed by atoms with E-state index >= 15 is 0 Å². The number of hydrogen-bond donors (Lipinski definition) is 2. The van der Waals surface area contributed by atoms with Gasteiger partial charge >= 0.3 is 0 Å². The fourth-order valence-electron chi connectivity index (χ4n) is 1.80. The molecule has 0 heterocycles. The van der Waals surface area contributed by atoms with E-state index in [0.29, 0.717) is 22.3 Å². The smallest absolute Gasteiger partial charge is 0.221 e. The number of amides is 1. The number of rotatable bonds is 4. The molecule has 0 saturated heterocycles. The molecule has 0 saturated carbocycles. The lowest BCUT2D eigenvalue weighted by Crippen LogP contribution is -2.08. The Balaban J connectivity index is 2.13. The molecule has 2 aromatic rings. The van der Waals surface area contributed by atoms with E-state index in [4.69, 9.17) is 23.2 Å². The summed E-state index contributed by atoms with van der Waals surface area (Å²) < 4.78 is 13.5. The number of benzene rings is 2. The summed E-state index contributed by atoms with van der Waals surface area (Å²) in [6.45, 7) is 1.76. The molecule has 0 fully saturated rings. The molecule has 0 atom stereocenters. The van der Waals surface area contributed by atoms with Crippen LogP contribution in [-0.4, -0.2) is 5.91 Å². The van der Waals surface area contributed by atoms with Gasteiger partial charge in [-0.3, -0.25) is 4.79 Å². The minimum atomic E-state index is -0.489. The first-order valence-electron chi connectivity index (χ1n) is 6.21. The lowest BCUT2D eigenvalue weighted by Gasteiger charge is -2.11. The topological polar surface area (TPSA) is 41.1 Å².